The molecule has 1 aromatic heterocycles. The van der Waals surface area contributed by atoms with Gasteiger partial charge in [0.1, 0.15) is 11.9 Å². The number of likely N-dealkylation sites (N-methyl/N-ethyl adjacent to an activating group) is 1. The summed E-state index contributed by atoms with van der Waals surface area (Å²) in [5.74, 6) is 0.306. The summed E-state index contributed by atoms with van der Waals surface area (Å²) in [7, 11) is 2.11. The lowest BCUT2D eigenvalue weighted by Gasteiger charge is -2.33. The Morgan fingerprint density at radius 1 is 1.10 bits per heavy atom. The largest absolute Gasteiger partial charge is 0.354 e. The Morgan fingerprint density at radius 2 is 1.77 bits per heavy atom. The van der Waals surface area contributed by atoms with Crippen molar-refractivity contribution in [1.29, 1.82) is 0 Å². The Balaban J connectivity index is 1.64. The van der Waals surface area contributed by atoms with E-state index in [0.29, 0.717) is 16.3 Å². The zero-order valence-corrected chi connectivity index (χ0v) is 19.0. The number of anilines is 2. The van der Waals surface area contributed by atoms with E-state index >= 15 is 0 Å². The predicted molar refractivity (Wildman–Crippen MR) is 125 cm³/mol. The molecule has 3 rings (SSSR count). The van der Waals surface area contributed by atoms with Crippen LogP contribution in [-0.2, 0) is 4.79 Å². The minimum Gasteiger partial charge on any atom is -0.354 e. The Hall–Kier alpha value is -2.64. The number of rotatable bonds is 7. The smallest absolute Gasteiger partial charge is 0.251 e. The molecule has 2 heterocycles. The van der Waals surface area contributed by atoms with Crippen molar-refractivity contribution in [1.82, 2.24) is 15.2 Å². The summed E-state index contributed by atoms with van der Waals surface area (Å²) < 4.78 is 0. The number of benzene rings is 1. The second-order valence-corrected chi connectivity index (χ2v) is 8.46. The third kappa shape index (κ3) is 6.18. The van der Waals surface area contributed by atoms with E-state index in [1.165, 1.54) is 0 Å². The monoisotopic (exact) mass is 443 g/mol. The SMILES string of the molecule is CCC(C)C(NC(=O)c1ccc(Cl)cc1)C(=O)Nc1ccc(N2CCN(C)CC2)nc1. The topological polar surface area (TPSA) is 77.6 Å². The number of carbonyl (C=O) groups excluding carboxylic acids is 2. The number of amides is 2. The van der Waals surface area contributed by atoms with Gasteiger partial charge in [-0.3, -0.25) is 9.59 Å². The van der Waals surface area contributed by atoms with Crippen molar-refractivity contribution < 1.29 is 9.59 Å². The number of hydrogen-bond acceptors (Lipinski definition) is 5. The number of carbonyl (C=O) groups is 2. The molecule has 0 bridgehead atoms. The van der Waals surface area contributed by atoms with Gasteiger partial charge in [-0.15, -0.1) is 0 Å². The fourth-order valence-corrected chi connectivity index (χ4v) is 3.56. The molecule has 8 heteroatoms. The molecule has 0 radical (unpaired) electrons. The molecule has 1 aromatic carbocycles. The second-order valence-electron chi connectivity index (χ2n) is 8.03. The molecule has 1 aliphatic rings. The fraction of sp³-hybridized carbons (Fsp3) is 0.435. The van der Waals surface area contributed by atoms with Crippen LogP contribution in [0.2, 0.25) is 5.02 Å². The third-order valence-electron chi connectivity index (χ3n) is 5.73. The summed E-state index contributed by atoms with van der Waals surface area (Å²) in [5, 5.41) is 6.32. The maximum atomic E-state index is 13.0. The normalized spacial score (nSPS) is 16.5. The van der Waals surface area contributed by atoms with Gasteiger partial charge in [0.15, 0.2) is 0 Å². The van der Waals surface area contributed by atoms with Crippen molar-refractivity contribution in [3.05, 3.63) is 53.2 Å². The molecule has 2 N–H and O–H groups in total. The van der Waals surface area contributed by atoms with Crippen molar-refractivity contribution in [2.45, 2.75) is 26.3 Å². The summed E-state index contributed by atoms with van der Waals surface area (Å²) in [6, 6.07) is 9.71. The standard InChI is InChI=1S/C23H30ClN5O2/c1-4-16(2)21(27-22(30)17-5-7-18(24)8-6-17)23(31)26-19-9-10-20(25-15-19)29-13-11-28(3)12-14-29/h5-10,15-16,21H,4,11-14H2,1-3H3,(H,26,31)(H,27,30). The van der Waals surface area contributed by atoms with E-state index in [-0.39, 0.29) is 17.7 Å². The molecular formula is C23H30ClN5O2. The van der Waals surface area contributed by atoms with Crippen LogP contribution >= 0.6 is 11.6 Å². The average molecular weight is 444 g/mol. The Morgan fingerprint density at radius 3 is 2.35 bits per heavy atom. The second kappa shape index (κ2) is 10.6. The first-order chi connectivity index (χ1) is 14.9. The molecule has 1 aliphatic heterocycles. The Kier molecular flexibility index (Phi) is 7.87. The number of nitrogens with zero attached hydrogens (tertiary/aromatic N) is 3. The van der Waals surface area contributed by atoms with Crippen molar-refractivity contribution in [3.8, 4) is 0 Å². The predicted octanol–water partition coefficient (Wildman–Crippen LogP) is 3.27. The van der Waals surface area contributed by atoms with E-state index in [0.717, 1.165) is 38.4 Å². The first kappa shape index (κ1) is 23.0. The Bertz CT molecular complexity index is 880. The van der Waals surface area contributed by atoms with Crippen LogP contribution in [0.25, 0.3) is 0 Å². The van der Waals surface area contributed by atoms with Crippen LogP contribution in [0.15, 0.2) is 42.6 Å². The molecule has 31 heavy (non-hydrogen) atoms. The van der Waals surface area contributed by atoms with Gasteiger partial charge in [-0.25, -0.2) is 4.98 Å². The zero-order valence-electron chi connectivity index (χ0n) is 18.3. The van der Waals surface area contributed by atoms with E-state index in [2.05, 4.69) is 32.5 Å². The van der Waals surface area contributed by atoms with Crippen molar-refractivity contribution in [2.24, 2.45) is 5.92 Å². The third-order valence-corrected chi connectivity index (χ3v) is 5.98. The van der Waals surface area contributed by atoms with Crippen LogP contribution in [0.3, 0.4) is 0 Å². The highest BCUT2D eigenvalue weighted by Gasteiger charge is 2.26. The minimum absolute atomic E-state index is 0.0335. The first-order valence-electron chi connectivity index (χ1n) is 10.6. The zero-order chi connectivity index (χ0) is 22.4. The van der Waals surface area contributed by atoms with Gasteiger partial charge in [0.05, 0.1) is 11.9 Å². The van der Waals surface area contributed by atoms with Gasteiger partial charge in [-0.1, -0.05) is 31.9 Å². The molecule has 0 aliphatic carbocycles. The van der Waals surface area contributed by atoms with Crippen LogP contribution in [0.4, 0.5) is 11.5 Å². The van der Waals surface area contributed by atoms with E-state index < -0.39 is 6.04 Å². The molecule has 166 valence electrons. The molecule has 7 nitrogen and oxygen atoms in total. The maximum absolute atomic E-state index is 13.0. The molecule has 1 fully saturated rings. The summed E-state index contributed by atoms with van der Waals surface area (Å²) >= 11 is 5.90. The number of piperazine rings is 1. The lowest BCUT2D eigenvalue weighted by Crippen LogP contribution is -2.47. The van der Waals surface area contributed by atoms with Crippen LogP contribution in [0.5, 0.6) is 0 Å². The molecular weight excluding hydrogens is 414 g/mol. The van der Waals surface area contributed by atoms with Gasteiger partial charge >= 0.3 is 0 Å². The Labute approximate surface area is 188 Å². The molecule has 2 unspecified atom stereocenters. The number of halogens is 1. The van der Waals surface area contributed by atoms with Gasteiger partial charge < -0.3 is 20.4 Å². The fourth-order valence-electron chi connectivity index (χ4n) is 3.43. The average Bonchev–Trinajstić information content (AvgIpc) is 2.78. The lowest BCUT2D eigenvalue weighted by molar-refractivity contribution is -0.119. The lowest BCUT2D eigenvalue weighted by atomic mass is 9.97. The molecule has 2 aromatic rings. The molecule has 1 saturated heterocycles. The minimum atomic E-state index is -0.662. The molecule has 2 amide bonds. The first-order valence-corrected chi connectivity index (χ1v) is 11.0. The molecule has 0 spiro atoms. The summed E-state index contributed by atoms with van der Waals surface area (Å²) in [6.45, 7) is 7.81. The van der Waals surface area contributed by atoms with Crippen molar-refractivity contribution in [2.75, 3.05) is 43.4 Å². The van der Waals surface area contributed by atoms with E-state index in [4.69, 9.17) is 11.6 Å². The number of aromatic nitrogens is 1. The van der Waals surface area contributed by atoms with Gasteiger partial charge in [-0.05, 0) is 49.4 Å². The molecule has 0 saturated carbocycles. The summed E-state index contributed by atoms with van der Waals surface area (Å²) in [5.41, 5.74) is 1.07. The molecule has 2 atom stereocenters. The van der Waals surface area contributed by atoms with Crippen LogP contribution in [-0.4, -0.2) is 61.0 Å². The van der Waals surface area contributed by atoms with Gasteiger partial charge in [0.25, 0.3) is 5.91 Å². The van der Waals surface area contributed by atoms with Crippen molar-refractivity contribution >= 4 is 34.9 Å². The van der Waals surface area contributed by atoms with E-state index in [9.17, 15) is 9.59 Å². The van der Waals surface area contributed by atoms with E-state index in [1.807, 2.05) is 26.0 Å². The highest BCUT2D eigenvalue weighted by Crippen LogP contribution is 2.18. The van der Waals surface area contributed by atoms with Crippen LogP contribution in [0, 0.1) is 5.92 Å². The highest BCUT2D eigenvalue weighted by atomic mass is 35.5. The number of hydrogen-bond donors (Lipinski definition) is 2. The van der Waals surface area contributed by atoms with Crippen LogP contribution < -0.4 is 15.5 Å². The highest BCUT2D eigenvalue weighted by molar-refractivity contribution is 6.30. The summed E-state index contributed by atoms with van der Waals surface area (Å²) in [4.78, 5) is 34.6. The number of nitrogens with one attached hydrogen (secondary N) is 2. The summed E-state index contributed by atoms with van der Waals surface area (Å²) in [6.07, 6.45) is 2.42. The van der Waals surface area contributed by atoms with Gasteiger partial charge in [0, 0.05) is 36.8 Å². The van der Waals surface area contributed by atoms with Gasteiger partial charge in [-0.2, -0.15) is 0 Å². The van der Waals surface area contributed by atoms with Gasteiger partial charge in [0.2, 0.25) is 5.91 Å². The van der Waals surface area contributed by atoms with Crippen molar-refractivity contribution in [3.63, 3.8) is 0 Å². The van der Waals surface area contributed by atoms with Crippen LogP contribution in [0.1, 0.15) is 30.6 Å². The van der Waals surface area contributed by atoms with E-state index in [1.54, 1.807) is 30.5 Å². The quantitative estimate of drug-likeness (QED) is 0.686. The number of pyridine rings is 1. The maximum Gasteiger partial charge on any atom is 0.251 e.